The van der Waals surface area contributed by atoms with Crippen LogP contribution in [0.2, 0.25) is 0 Å². The summed E-state index contributed by atoms with van der Waals surface area (Å²) in [5, 5.41) is 2.92. The quantitative estimate of drug-likeness (QED) is 0.732. The molecule has 0 aliphatic carbocycles. The van der Waals surface area contributed by atoms with Crippen molar-refractivity contribution in [1.82, 2.24) is 4.98 Å². The Hall–Kier alpha value is -3.34. The first-order valence-corrected chi connectivity index (χ1v) is 9.10. The van der Waals surface area contributed by atoms with Crippen LogP contribution in [0.1, 0.15) is 22.8 Å². The van der Waals surface area contributed by atoms with Crippen LogP contribution < -0.4 is 15.0 Å². The molecule has 0 atom stereocenters. The van der Waals surface area contributed by atoms with Crippen LogP contribution in [-0.4, -0.2) is 24.0 Å². The zero-order valence-electron chi connectivity index (χ0n) is 15.2. The number of para-hydroxylation sites is 1. The maximum atomic E-state index is 12.6. The number of fused-ring (bicyclic) bond motifs is 1. The first-order valence-electron chi connectivity index (χ1n) is 9.10. The molecule has 0 radical (unpaired) electrons. The highest BCUT2D eigenvalue weighted by atomic mass is 16.5. The lowest BCUT2D eigenvalue weighted by atomic mass is 10.2. The van der Waals surface area contributed by atoms with Gasteiger partial charge in [-0.15, -0.1) is 0 Å². The van der Waals surface area contributed by atoms with E-state index < -0.39 is 0 Å². The minimum absolute atomic E-state index is 0.157. The van der Waals surface area contributed by atoms with Gasteiger partial charge in [0, 0.05) is 29.7 Å². The molecule has 4 rings (SSSR count). The second-order valence-electron chi connectivity index (χ2n) is 6.34. The SMILES string of the molecule is CCOc1ccc(NC(=O)c2ccnc(N3CCc4ccccc43)c2)cc1. The molecule has 1 amide bonds. The van der Waals surface area contributed by atoms with Crippen molar-refractivity contribution in [2.45, 2.75) is 13.3 Å². The average molecular weight is 359 g/mol. The molecule has 0 spiro atoms. The third-order valence-electron chi connectivity index (χ3n) is 4.59. The molecule has 3 aromatic rings. The van der Waals surface area contributed by atoms with E-state index in [0.717, 1.165) is 35.9 Å². The Labute approximate surface area is 158 Å². The number of rotatable bonds is 5. The first kappa shape index (κ1) is 17.1. The fourth-order valence-corrected chi connectivity index (χ4v) is 3.29. The topological polar surface area (TPSA) is 54.5 Å². The second kappa shape index (κ2) is 7.50. The molecule has 0 bridgehead atoms. The van der Waals surface area contributed by atoms with Gasteiger partial charge in [-0.3, -0.25) is 4.79 Å². The van der Waals surface area contributed by atoms with E-state index in [2.05, 4.69) is 33.4 Å². The van der Waals surface area contributed by atoms with Crippen LogP contribution in [-0.2, 0) is 6.42 Å². The summed E-state index contributed by atoms with van der Waals surface area (Å²) in [6, 6.07) is 19.2. The van der Waals surface area contributed by atoms with Crippen LogP contribution in [0.15, 0.2) is 66.9 Å². The lowest BCUT2D eigenvalue weighted by Gasteiger charge is -2.18. The maximum absolute atomic E-state index is 12.6. The van der Waals surface area contributed by atoms with E-state index in [1.165, 1.54) is 5.56 Å². The predicted octanol–water partition coefficient (Wildman–Crippen LogP) is 4.43. The lowest BCUT2D eigenvalue weighted by molar-refractivity contribution is 0.102. The number of carbonyl (C=O) groups is 1. The number of ether oxygens (including phenoxy) is 1. The van der Waals surface area contributed by atoms with Crippen LogP contribution >= 0.6 is 0 Å². The highest BCUT2D eigenvalue weighted by Gasteiger charge is 2.21. The van der Waals surface area contributed by atoms with Crippen LogP contribution in [0.3, 0.4) is 0 Å². The van der Waals surface area contributed by atoms with Gasteiger partial charge >= 0.3 is 0 Å². The van der Waals surface area contributed by atoms with Gasteiger partial charge in [-0.2, -0.15) is 0 Å². The Bertz CT molecular complexity index is 954. The molecule has 1 N–H and O–H groups in total. The summed E-state index contributed by atoms with van der Waals surface area (Å²) in [4.78, 5) is 19.3. The summed E-state index contributed by atoms with van der Waals surface area (Å²) >= 11 is 0. The molecule has 5 nitrogen and oxygen atoms in total. The van der Waals surface area contributed by atoms with Crippen molar-refractivity contribution in [3.63, 3.8) is 0 Å². The smallest absolute Gasteiger partial charge is 0.255 e. The van der Waals surface area contributed by atoms with Gasteiger partial charge in [0.1, 0.15) is 11.6 Å². The van der Waals surface area contributed by atoms with Gasteiger partial charge in [-0.25, -0.2) is 4.98 Å². The molecule has 0 saturated heterocycles. The third kappa shape index (κ3) is 3.62. The van der Waals surface area contributed by atoms with E-state index in [-0.39, 0.29) is 5.91 Å². The minimum atomic E-state index is -0.157. The summed E-state index contributed by atoms with van der Waals surface area (Å²) in [6.07, 6.45) is 2.67. The molecule has 2 heterocycles. The van der Waals surface area contributed by atoms with E-state index in [1.807, 2.05) is 43.3 Å². The van der Waals surface area contributed by atoms with Crippen molar-refractivity contribution in [3.8, 4) is 5.75 Å². The highest BCUT2D eigenvalue weighted by molar-refractivity contribution is 6.04. The number of anilines is 3. The van der Waals surface area contributed by atoms with Gasteiger partial charge in [-0.1, -0.05) is 18.2 Å². The number of amides is 1. The van der Waals surface area contributed by atoms with Crippen molar-refractivity contribution in [1.29, 1.82) is 0 Å². The maximum Gasteiger partial charge on any atom is 0.255 e. The molecular formula is C22H21N3O2. The normalized spacial score (nSPS) is 12.6. The highest BCUT2D eigenvalue weighted by Crippen LogP contribution is 2.33. The standard InChI is InChI=1S/C22H21N3O2/c1-2-27-19-9-7-18(8-10-19)24-22(26)17-11-13-23-21(15-17)25-14-12-16-5-3-4-6-20(16)25/h3-11,13,15H,2,12,14H2,1H3,(H,24,26). The Morgan fingerprint density at radius 3 is 2.78 bits per heavy atom. The van der Waals surface area contributed by atoms with E-state index in [0.29, 0.717) is 12.2 Å². The molecule has 1 aliphatic heterocycles. The molecule has 27 heavy (non-hydrogen) atoms. The molecule has 5 heteroatoms. The summed E-state index contributed by atoms with van der Waals surface area (Å²) in [5.41, 5.74) is 3.78. The minimum Gasteiger partial charge on any atom is -0.494 e. The number of aromatic nitrogens is 1. The third-order valence-corrected chi connectivity index (χ3v) is 4.59. The zero-order valence-corrected chi connectivity index (χ0v) is 15.2. The molecule has 0 unspecified atom stereocenters. The van der Waals surface area contributed by atoms with Gasteiger partial charge in [0.25, 0.3) is 5.91 Å². The molecular weight excluding hydrogens is 338 g/mol. The number of hydrogen-bond acceptors (Lipinski definition) is 4. The average Bonchev–Trinajstić information content (AvgIpc) is 3.14. The van der Waals surface area contributed by atoms with Crippen molar-refractivity contribution in [3.05, 3.63) is 78.0 Å². The van der Waals surface area contributed by atoms with Crippen molar-refractivity contribution < 1.29 is 9.53 Å². The van der Waals surface area contributed by atoms with E-state index in [4.69, 9.17) is 4.74 Å². The number of carbonyl (C=O) groups excluding carboxylic acids is 1. The summed E-state index contributed by atoms with van der Waals surface area (Å²) < 4.78 is 5.43. The number of benzene rings is 2. The molecule has 0 saturated carbocycles. The fourth-order valence-electron chi connectivity index (χ4n) is 3.29. The van der Waals surface area contributed by atoms with Crippen LogP contribution in [0, 0.1) is 0 Å². The molecule has 1 aromatic heterocycles. The Morgan fingerprint density at radius 2 is 1.96 bits per heavy atom. The fraction of sp³-hybridized carbons (Fsp3) is 0.182. The zero-order chi connectivity index (χ0) is 18.6. The van der Waals surface area contributed by atoms with Gasteiger partial charge < -0.3 is 15.0 Å². The van der Waals surface area contributed by atoms with Gasteiger partial charge in [0.2, 0.25) is 0 Å². The van der Waals surface area contributed by atoms with Gasteiger partial charge in [-0.05, 0) is 61.4 Å². The molecule has 2 aromatic carbocycles. The summed E-state index contributed by atoms with van der Waals surface area (Å²) in [5.74, 6) is 1.42. The van der Waals surface area contributed by atoms with Crippen molar-refractivity contribution in [2.24, 2.45) is 0 Å². The van der Waals surface area contributed by atoms with Crippen LogP contribution in [0.4, 0.5) is 17.2 Å². The monoisotopic (exact) mass is 359 g/mol. The van der Waals surface area contributed by atoms with Crippen LogP contribution in [0.5, 0.6) is 5.75 Å². The molecule has 0 fully saturated rings. The molecule has 136 valence electrons. The van der Waals surface area contributed by atoms with Gasteiger partial charge in [0.05, 0.1) is 6.61 Å². The predicted molar refractivity (Wildman–Crippen MR) is 107 cm³/mol. The largest absolute Gasteiger partial charge is 0.494 e. The van der Waals surface area contributed by atoms with Crippen LogP contribution in [0.25, 0.3) is 0 Å². The second-order valence-corrected chi connectivity index (χ2v) is 6.34. The van der Waals surface area contributed by atoms with Crippen molar-refractivity contribution >= 4 is 23.1 Å². The summed E-state index contributed by atoms with van der Waals surface area (Å²) in [7, 11) is 0. The van der Waals surface area contributed by atoms with Gasteiger partial charge in [0.15, 0.2) is 0 Å². The Balaban J connectivity index is 1.51. The molecule has 1 aliphatic rings. The number of nitrogens with one attached hydrogen (secondary N) is 1. The first-order chi connectivity index (χ1) is 13.2. The lowest BCUT2D eigenvalue weighted by Crippen LogP contribution is -2.17. The number of nitrogens with zero attached hydrogens (tertiary/aromatic N) is 2. The van der Waals surface area contributed by atoms with E-state index in [9.17, 15) is 4.79 Å². The summed E-state index contributed by atoms with van der Waals surface area (Å²) in [6.45, 7) is 3.43. The number of hydrogen-bond donors (Lipinski definition) is 1. The van der Waals surface area contributed by atoms with E-state index >= 15 is 0 Å². The Kier molecular flexibility index (Phi) is 4.75. The van der Waals surface area contributed by atoms with Crippen molar-refractivity contribution in [2.75, 3.05) is 23.4 Å². The Morgan fingerprint density at radius 1 is 1.15 bits per heavy atom. The van der Waals surface area contributed by atoms with E-state index in [1.54, 1.807) is 12.3 Å². The number of pyridine rings is 1.